The summed E-state index contributed by atoms with van der Waals surface area (Å²) in [5.74, 6) is -0.767. The summed E-state index contributed by atoms with van der Waals surface area (Å²) in [5.41, 5.74) is 0. The molecule has 15 heavy (non-hydrogen) atoms. The van der Waals surface area contributed by atoms with Crippen LogP contribution in [0, 0.1) is 0 Å². The Bertz CT molecular complexity index is 261. The molecule has 1 amide bonds. The van der Waals surface area contributed by atoms with Crippen molar-refractivity contribution in [1.29, 1.82) is 0 Å². The van der Waals surface area contributed by atoms with Crippen LogP contribution in [0.15, 0.2) is 25.3 Å². The Labute approximate surface area is 90.0 Å². The average molecular weight is 211 g/mol. The van der Waals surface area contributed by atoms with Gasteiger partial charge in [0.05, 0.1) is 6.04 Å². The fraction of sp³-hybridized carbons (Fsp3) is 0.455. The van der Waals surface area contributed by atoms with Crippen molar-refractivity contribution in [3.05, 3.63) is 25.3 Å². The number of hydrogen-bond acceptors (Lipinski definition) is 3. The molecule has 84 valence electrons. The third-order valence-electron chi connectivity index (χ3n) is 1.99. The lowest BCUT2D eigenvalue weighted by Crippen LogP contribution is -2.42. The van der Waals surface area contributed by atoms with Crippen molar-refractivity contribution in [3.8, 4) is 0 Å². The zero-order valence-electron chi connectivity index (χ0n) is 9.16. The summed E-state index contributed by atoms with van der Waals surface area (Å²) < 4.78 is 4.99. The predicted molar refractivity (Wildman–Crippen MR) is 58.2 cm³/mol. The van der Waals surface area contributed by atoms with Crippen LogP contribution in [0.4, 0.5) is 0 Å². The van der Waals surface area contributed by atoms with Gasteiger partial charge in [-0.2, -0.15) is 0 Å². The molecule has 4 nitrogen and oxygen atoms in total. The van der Waals surface area contributed by atoms with Gasteiger partial charge in [-0.1, -0.05) is 20.1 Å². The van der Waals surface area contributed by atoms with E-state index in [1.54, 1.807) is 6.92 Å². The monoisotopic (exact) mass is 211 g/mol. The van der Waals surface area contributed by atoms with E-state index in [4.69, 9.17) is 4.74 Å². The minimum absolute atomic E-state index is 0.209. The number of hydrogen-bond donors (Lipinski definition) is 1. The van der Waals surface area contributed by atoms with Crippen LogP contribution >= 0.6 is 0 Å². The predicted octanol–water partition coefficient (Wildman–Crippen LogP) is 1.18. The summed E-state index contributed by atoms with van der Waals surface area (Å²) in [7, 11) is 0. The summed E-state index contributed by atoms with van der Waals surface area (Å²) in [4.78, 5) is 22.0. The van der Waals surface area contributed by atoms with E-state index in [1.165, 1.54) is 6.08 Å². The van der Waals surface area contributed by atoms with E-state index in [2.05, 4.69) is 18.5 Å². The molecule has 0 aromatic heterocycles. The Kier molecular flexibility index (Phi) is 6.09. The Morgan fingerprint density at radius 2 is 2.00 bits per heavy atom. The van der Waals surface area contributed by atoms with Crippen molar-refractivity contribution in [2.45, 2.75) is 32.4 Å². The second-order valence-corrected chi connectivity index (χ2v) is 3.07. The van der Waals surface area contributed by atoms with E-state index >= 15 is 0 Å². The molecule has 0 aliphatic carbocycles. The Hall–Kier alpha value is -1.58. The highest BCUT2D eigenvalue weighted by Crippen LogP contribution is 2.04. The largest absolute Gasteiger partial charge is 0.457 e. The molecule has 2 unspecified atom stereocenters. The van der Waals surface area contributed by atoms with Crippen molar-refractivity contribution >= 4 is 11.9 Å². The highest BCUT2D eigenvalue weighted by molar-refractivity contribution is 5.87. The van der Waals surface area contributed by atoms with E-state index in [9.17, 15) is 9.59 Å². The first-order valence-electron chi connectivity index (χ1n) is 4.81. The lowest BCUT2D eigenvalue weighted by atomic mass is 10.1. The second-order valence-electron chi connectivity index (χ2n) is 3.07. The van der Waals surface area contributed by atoms with Crippen LogP contribution in [-0.4, -0.2) is 24.0 Å². The van der Waals surface area contributed by atoms with E-state index in [0.717, 1.165) is 6.08 Å². The zero-order chi connectivity index (χ0) is 11.8. The highest BCUT2D eigenvalue weighted by atomic mass is 16.5. The third kappa shape index (κ3) is 5.00. The molecule has 0 aliphatic rings. The molecule has 0 aliphatic heterocycles. The smallest absolute Gasteiger partial charge is 0.330 e. The van der Waals surface area contributed by atoms with E-state index in [1.807, 2.05) is 6.92 Å². The first-order valence-corrected chi connectivity index (χ1v) is 4.81. The van der Waals surface area contributed by atoms with E-state index in [-0.39, 0.29) is 18.1 Å². The van der Waals surface area contributed by atoms with Crippen LogP contribution in [0.1, 0.15) is 20.3 Å². The molecule has 0 aromatic carbocycles. The molecule has 2 atom stereocenters. The molecular formula is C11H17NO3. The van der Waals surface area contributed by atoms with Gasteiger partial charge in [0.25, 0.3) is 0 Å². The van der Waals surface area contributed by atoms with Crippen LogP contribution in [0.25, 0.3) is 0 Å². The molecule has 0 spiro atoms. The van der Waals surface area contributed by atoms with E-state index < -0.39 is 5.97 Å². The number of esters is 1. The first kappa shape index (κ1) is 13.4. The fourth-order valence-corrected chi connectivity index (χ4v) is 1.11. The van der Waals surface area contributed by atoms with Crippen LogP contribution in [-0.2, 0) is 14.3 Å². The Balaban J connectivity index is 4.26. The summed E-state index contributed by atoms with van der Waals surface area (Å²) in [6.07, 6.45) is 2.57. The van der Waals surface area contributed by atoms with Gasteiger partial charge < -0.3 is 10.1 Å². The summed E-state index contributed by atoms with van der Waals surface area (Å²) in [5, 5.41) is 2.68. The molecule has 0 saturated carbocycles. The second kappa shape index (κ2) is 6.81. The van der Waals surface area contributed by atoms with Crippen LogP contribution in [0.5, 0.6) is 0 Å². The van der Waals surface area contributed by atoms with Crippen molar-refractivity contribution in [3.63, 3.8) is 0 Å². The number of ether oxygens (including phenoxy) is 1. The average Bonchev–Trinajstić information content (AvgIpc) is 2.24. The number of rotatable bonds is 6. The Morgan fingerprint density at radius 3 is 2.40 bits per heavy atom. The van der Waals surface area contributed by atoms with Crippen molar-refractivity contribution in [1.82, 2.24) is 5.32 Å². The lowest BCUT2D eigenvalue weighted by Gasteiger charge is -2.22. The van der Waals surface area contributed by atoms with Crippen LogP contribution < -0.4 is 5.32 Å². The molecule has 4 heteroatoms. The molecule has 0 aromatic rings. The molecule has 0 saturated heterocycles. The van der Waals surface area contributed by atoms with Gasteiger partial charge in [-0.3, -0.25) is 4.79 Å². The molecule has 0 fully saturated rings. The van der Waals surface area contributed by atoms with Crippen molar-refractivity contribution in [2.75, 3.05) is 0 Å². The number of carbonyl (C=O) groups is 2. The van der Waals surface area contributed by atoms with Crippen LogP contribution in [0.3, 0.4) is 0 Å². The molecule has 1 N–H and O–H groups in total. The fourth-order valence-electron chi connectivity index (χ4n) is 1.11. The number of amides is 1. The molecule has 0 radical (unpaired) electrons. The maximum Gasteiger partial charge on any atom is 0.330 e. The number of nitrogens with one attached hydrogen (secondary N) is 1. The molecule has 0 heterocycles. The zero-order valence-corrected chi connectivity index (χ0v) is 9.16. The molecular weight excluding hydrogens is 194 g/mol. The van der Waals surface area contributed by atoms with Crippen molar-refractivity contribution < 1.29 is 14.3 Å². The van der Waals surface area contributed by atoms with Crippen molar-refractivity contribution in [2.24, 2.45) is 0 Å². The summed E-state index contributed by atoms with van der Waals surface area (Å²) >= 11 is 0. The summed E-state index contributed by atoms with van der Waals surface area (Å²) in [6.45, 7) is 10.3. The lowest BCUT2D eigenvalue weighted by molar-refractivity contribution is -0.144. The molecule has 0 rings (SSSR count). The highest BCUT2D eigenvalue weighted by Gasteiger charge is 2.19. The standard InChI is InChI=1S/C11H17NO3/c1-5-9(12-10(13)6-2)8(4)15-11(14)7-3/h6-9H,2-3,5H2,1,4H3,(H,12,13). The van der Waals surface area contributed by atoms with Gasteiger partial charge in [0.1, 0.15) is 6.10 Å². The quantitative estimate of drug-likeness (QED) is 0.530. The topological polar surface area (TPSA) is 55.4 Å². The number of carbonyl (C=O) groups excluding carboxylic acids is 2. The minimum Gasteiger partial charge on any atom is -0.457 e. The normalized spacial score (nSPS) is 13.5. The van der Waals surface area contributed by atoms with Gasteiger partial charge in [0.2, 0.25) is 5.91 Å². The first-order chi connectivity index (χ1) is 7.04. The van der Waals surface area contributed by atoms with Gasteiger partial charge >= 0.3 is 5.97 Å². The Morgan fingerprint density at radius 1 is 1.40 bits per heavy atom. The van der Waals surface area contributed by atoms with Gasteiger partial charge in [-0.05, 0) is 19.4 Å². The maximum absolute atomic E-state index is 11.1. The van der Waals surface area contributed by atoms with Gasteiger partial charge in [-0.25, -0.2) is 4.79 Å². The summed E-state index contributed by atoms with van der Waals surface area (Å²) in [6, 6.07) is -0.209. The van der Waals surface area contributed by atoms with Gasteiger partial charge in [0.15, 0.2) is 0 Å². The maximum atomic E-state index is 11.1. The minimum atomic E-state index is -0.492. The van der Waals surface area contributed by atoms with E-state index in [0.29, 0.717) is 6.42 Å². The van der Waals surface area contributed by atoms with Crippen LogP contribution in [0.2, 0.25) is 0 Å². The van der Waals surface area contributed by atoms with Gasteiger partial charge in [0, 0.05) is 6.08 Å². The third-order valence-corrected chi connectivity index (χ3v) is 1.99. The molecule has 0 bridgehead atoms. The van der Waals surface area contributed by atoms with Gasteiger partial charge in [-0.15, -0.1) is 0 Å². The SMILES string of the molecule is C=CC(=O)NC(CC)C(C)OC(=O)C=C.